The van der Waals surface area contributed by atoms with Crippen LogP contribution in [0.5, 0.6) is 0 Å². The smallest absolute Gasteiger partial charge is 0.295 e. The van der Waals surface area contributed by atoms with Crippen LogP contribution in [0, 0.1) is 0 Å². The van der Waals surface area contributed by atoms with Gasteiger partial charge in [0.1, 0.15) is 4.90 Å². The summed E-state index contributed by atoms with van der Waals surface area (Å²) in [5, 5.41) is 4.84. The Balaban J connectivity index is 1.64. The van der Waals surface area contributed by atoms with E-state index in [9.17, 15) is 38.9 Å². The number of nitrogens with one attached hydrogen (secondary N) is 1. The quantitative estimate of drug-likeness (QED) is 0.125. The first kappa shape index (κ1) is 36.6. The second-order valence-corrected chi connectivity index (χ2v) is 15.8. The van der Waals surface area contributed by atoms with E-state index in [1.165, 1.54) is 42.5 Å². The maximum absolute atomic E-state index is 12.5. The van der Waals surface area contributed by atoms with E-state index in [0.29, 0.717) is 46.0 Å². The molecule has 4 N–H and O–H groups in total. The molecule has 13 heteroatoms. The van der Waals surface area contributed by atoms with Gasteiger partial charge in [-0.05, 0) is 99.6 Å². The SMILES string of the molecule is CCc1c/c(=C(/c2ccc(NC(CC)c3cccc(S(=O)(=O)O)c3)cc2)c2ccccc2S(=O)(=O)O)ccc1=Cc1cccc(S(=O)(=O)O)c1. The topological polar surface area (TPSA) is 175 Å². The molecule has 0 amide bonds. The van der Waals surface area contributed by atoms with Crippen LogP contribution in [0.1, 0.15) is 54.1 Å². The summed E-state index contributed by atoms with van der Waals surface area (Å²) in [7, 11) is -13.4. The minimum absolute atomic E-state index is 0.205. The lowest BCUT2D eigenvalue weighted by Gasteiger charge is -2.20. The lowest BCUT2D eigenvalue weighted by molar-refractivity contribution is 0.480. The van der Waals surface area contributed by atoms with E-state index in [-0.39, 0.29) is 26.3 Å². The van der Waals surface area contributed by atoms with Crippen molar-refractivity contribution in [3.63, 3.8) is 0 Å². The van der Waals surface area contributed by atoms with E-state index < -0.39 is 30.4 Å². The predicted octanol–water partition coefficient (Wildman–Crippen LogP) is 5.63. The summed E-state index contributed by atoms with van der Waals surface area (Å²) in [6.45, 7) is 3.88. The van der Waals surface area contributed by atoms with Crippen LogP contribution in [-0.4, -0.2) is 38.9 Å². The van der Waals surface area contributed by atoms with Gasteiger partial charge in [0.25, 0.3) is 30.4 Å². The van der Waals surface area contributed by atoms with Crippen molar-refractivity contribution in [2.24, 2.45) is 0 Å². The molecule has 10 nitrogen and oxygen atoms in total. The molecule has 5 aromatic rings. The monoisotopic (exact) mass is 733 g/mol. The lowest BCUT2D eigenvalue weighted by atomic mass is 9.93. The molecular weight excluding hydrogens is 699 g/mol. The maximum Gasteiger partial charge on any atom is 0.295 e. The zero-order valence-corrected chi connectivity index (χ0v) is 29.5. The Labute approximate surface area is 291 Å². The molecule has 0 bridgehead atoms. The maximum atomic E-state index is 12.5. The Kier molecular flexibility index (Phi) is 10.8. The number of aryl methyl sites for hydroxylation is 1. The van der Waals surface area contributed by atoms with Crippen LogP contribution in [0.3, 0.4) is 0 Å². The summed E-state index contributed by atoms with van der Waals surface area (Å²) >= 11 is 0. The van der Waals surface area contributed by atoms with Crippen LogP contribution in [-0.2, 0) is 36.8 Å². The normalized spacial score (nSPS) is 13.9. The van der Waals surface area contributed by atoms with Crippen LogP contribution in [0.2, 0.25) is 0 Å². The van der Waals surface area contributed by atoms with E-state index >= 15 is 0 Å². The van der Waals surface area contributed by atoms with Crippen molar-refractivity contribution < 1.29 is 38.9 Å². The van der Waals surface area contributed by atoms with E-state index in [1.807, 2.05) is 56.3 Å². The second-order valence-electron chi connectivity index (χ2n) is 11.5. The standard InChI is InChI=1S/C37H35NO9S3/c1-3-26-23-30(16-15-28(26)21-25-9-7-11-32(22-25)48(39,40)41)37(34-13-5-6-14-36(34)50(45,46)47)27-17-19-31(20-18-27)38-35(4-2)29-10-8-12-33(24-29)49(42,43)44/h5-24,35,38H,3-4H2,1-2H3,(H,39,40,41)(H,42,43,44)(H,45,46,47)/b28-21?,37-30-. The molecule has 0 aliphatic rings. The van der Waals surface area contributed by atoms with Gasteiger partial charge < -0.3 is 5.32 Å². The minimum atomic E-state index is -4.62. The molecule has 5 rings (SSSR count). The van der Waals surface area contributed by atoms with E-state index in [0.717, 1.165) is 10.8 Å². The Morgan fingerprint density at radius 2 is 1.32 bits per heavy atom. The number of anilines is 1. The number of benzene rings is 5. The van der Waals surface area contributed by atoms with Crippen molar-refractivity contribution in [2.75, 3.05) is 5.32 Å². The largest absolute Gasteiger partial charge is 0.378 e. The van der Waals surface area contributed by atoms with Gasteiger partial charge in [-0.2, -0.15) is 25.3 Å². The zero-order chi connectivity index (χ0) is 36.3. The summed E-state index contributed by atoms with van der Waals surface area (Å²) in [4.78, 5) is -0.699. The molecule has 1 unspecified atom stereocenters. The van der Waals surface area contributed by atoms with Gasteiger partial charge in [0, 0.05) is 11.3 Å². The van der Waals surface area contributed by atoms with Gasteiger partial charge in [0.05, 0.1) is 15.8 Å². The fourth-order valence-corrected chi connectivity index (χ4v) is 7.55. The van der Waals surface area contributed by atoms with Gasteiger partial charge in [-0.3, -0.25) is 13.7 Å². The summed E-state index contributed by atoms with van der Waals surface area (Å²) in [5.41, 5.74) is 4.25. The first-order chi connectivity index (χ1) is 23.6. The Morgan fingerprint density at radius 1 is 0.680 bits per heavy atom. The highest BCUT2D eigenvalue weighted by Crippen LogP contribution is 2.30. The molecule has 260 valence electrons. The highest BCUT2D eigenvalue weighted by Gasteiger charge is 2.20. The van der Waals surface area contributed by atoms with E-state index in [4.69, 9.17) is 0 Å². The zero-order valence-electron chi connectivity index (χ0n) is 27.1. The van der Waals surface area contributed by atoms with Crippen LogP contribution in [0.15, 0.2) is 130 Å². The van der Waals surface area contributed by atoms with E-state index in [1.54, 1.807) is 36.4 Å². The molecule has 0 radical (unpaired) electrons. The van der Waals surface area contributed by atoms with Crippen LogP contribution in [0.25, 0.3) is 11.6 Å². The van der Waals surface area contributed by atoms with Gasteiger partial charge in [0.2, 0.25) is 0 Å². The van der Waals surface area contributed by atoms with Gasteiger partial charge in [-0.25, -0.2) is 0 Å². The summed E-state index contributed by atoms with van der Waals surface area (Å²) in [5.74, 6) is 0. The first-order valence-electron chi connectivity index (χ1n) is 15.5. The number of rotatable bonds is 11. The molecule has 0 saturated carbocycles. The fourth-order valence-electron chi connectivity index (χ4n) is 5.78. The summed E-state index contributed by atoms with van der Waals surface area (Å²) < 4.78 is 101. The third-order valence-corrected chi connectivity index (χ3v) is 10.8. The highest BCUT2D eigenvalue weighted by atomic mass is 32.2. The van der Waals surface area contributed by atoms with Gasteiger partial charge in [-0.15, -0.1) is 0 Å². The lowest BCUT2D eigenvalue weighted by Crippen LogP contribution is -2.18. The van der Waals surface area contributed by atoms with Crippen molar-refractivity contribution >= 4 is 47.7 Å². The molecule has 0 aliphatic carbocycles. The molecule has 0 aliphatic heterocycles. The summed E-state index contributed by atoms with van der Waals surface area (Å²) in [6, 6.07) is 30.6. The van der Waals surface area contributed by atoms with Crippen LogP contribution < -0.4 is 15.8 Å². The van der Waals surface area contributed by atoms with Crippen molar-refractivity contribution in [1.29, 1.82) is 0 Å². The van der Waals surface area contributed by atoms with Crippen molar-refractivity contribution in [2.45, 2.75) is 47.4 Å². The second kappa shape index (κ2) is 14.7. The Morgan fingerprint density at radius 3 is 1.94 bits per heavy atom. The average Bonchev–Trinajstić information content (AvgIpc) is 3.07. The number of hydrogen-bond donors (Lipinski definition) is 4. The summed E-state index contributed by atoms with van der Waals surface area (Å²) in [6.07, 6.45) is 2.96. The third-order valence-electron chi connectivity index (χ3n) is 8.21. The Bertz CT molecular complexity index is 2510. The van der Waals surface area contributed by atoms with Crippen LogP contribution >= 0.6 is 0 Å². The first-order valence-corrected chi connectivity index (χ1v) is 19.8. The van der Waals surface area contributed by atoms with Gasteiger partial charge in [0.15, 0.2) is 0 Å². The molecule has 0 aromatic heterocycles. The van der Waals surface area contributed by atoms with Crippen molar-refractivity contribution in [3.05, 3.63) is 154 Å². The predicted molar refractivity (Wildman–Crippen MR) is 192 cm³/mol. The molecule has 5 aromatic carbocycles. The molecule has 0 spiro atoms. The minimum Gasteiger partial charge on any atom is -0.378 e. The number of hydrogen-bond acceptors (Lipinski definition) is 7. The van der Waals surface area contributed by atoms with Crippen LogP contribution in [0.4, 0.5) is 5.69 Å². The van der Waals surface area contributed by atoms with E-state index in [2.05, 4.69) is 5.32 Å². The molecule has 1 atom stereocenters. The van der Waals surface area contributed by atoms with Gasteiger partial charge in [-0.1, -0.05) is 86.6 Å². The Hall–Kier alpha value is -4.63. The average molecular weight is 734 g/mol. The molecule has 50 heavy (non-hydrogen) atoms. The molecule has 0 fully saturated rings. The molecule has 0 saturated heterocycles. The van der Waals surface area contributed by atoms with Gasteiger partial charge >= 0.3 is 0 Å². The fraction of sp³-hybridized carbons (Fsp3) is 0.135. The van der Waals surface area contributed by atoms with Crippen molar-refractivity contribution in [3.8, 4) is 0 Å². The third kappa shape index (κ3) is 8.56. The highest BCUT2D eigenvalue weighted by molar-refractivity contribution is 7.86. The molecule has 0 heterocycles. The molecular formula is C37H35NO9S3. The van der Waals surface area contributed by atoms with Crippen molar-refractivity contribution in [1.82, 2.24) is 0 Å².